The van der Waals surface area contributed by atoms with Crippen LogP contribution in [0.25, 0.3) is 0 Å². The Morgan fingerprint density at radius 1 is 1.56 bits per heavy atom. The molecule has 0 radical (unpaired) electrons. The Balaban J connectivity index is 2.73. The summed E-state index contributed by atoms with van der Waals surface area (Å²) in [5.74, 6) is 0.132. The first-order valence-corrected chi connectivity index (χ1v) is 5.31. The zero-order valence-electron chi connectivity index (χ0n) is 8.90. The normalized spacial score (nSPS) is 10.1. The van der Waals surface area contributed by atoms with E-state index in [1.54, 1.807) is 6.07 Å². The van der Waals surface area contributed by atoms with Crippen molar-refractivity contribution in [2.75, 3.05) is 19.7 Å². The maximum absolute atomic E-state index is 10.7. The van der Waals surface area contributed by atoms with Gasteiger partial charge >= 0.3 is 5.69 Å². The van der Waals surface area contributed by atoms with Gasteiger partial charge < -0.3 is 10.1 Å². The van der Waals surface area contributed by atoms with E-state index >= 15 is 0 Å². The molecule has 0 heterocycles. The van der Waals surface area contributed by atoms with E-state index in [2.05, 4.69) is 5.32 Å². The zero-order chi connectivity index (χ0) is 12.0. The Morgan fingerprint density at radius 3 is 2.94 bits per heavy atom. The van der Waals surface area contributed by atoms with E-state index < -0.39 is 4.92 Å². The number of nitrogens with zero attached hydrogens (tertiary/aromatic N) is 1. The minimum atomic E-state index is -0.505. The Morgan fingerprint density at radius 2 is 2.31 bits per heavy atom. The summed E-state index contributed by atoms with van der Waals surface area (Å²) in [5, 5.41) is 14.0. The number of nitro benzene ring substituents is 1. The lowest BCUT2D eigenvalue weighted by atomic mass is 10.3. The minimum absolute atomic E-state index is 0.107. The third kappa shape index (κ3) is 3.36. The molecule has 0 fully saturated rings. The lowest BCUT2D eigenvalue weighted by Gasteiger charge is -2.08. The molecule has 0 saturated heterocycles. The molecule has 0 atom stereocenters. The molecule has 5 nitrogen and oxygen atoms in total. The first-order chi connectivity index (χ1) is 7.66. The van der Waals surface area contributed by atoms with Crippen LogP contribution in [0.2, 0.25) is 5.02 Å². The predicted molar refractivity (Wildman–Crippen MR) is 62.1 cm³/mol. The SMILES string of the molecule is CCNCCOc1c(Cl)cccc1[N+](=O)[O-]. The number of ether oxygens (including phenoxy) is 1. The molecule has 0 aliphatic rings. The minimum Gasteiger partial charge on any atom is -0.484 e. The molecule has 0 aliphatic heterocycles. The molecule has 0 bridgehead atoms. The number of hydrogen-bond acceptors (Lipinski definition) is 4. The highest BCUT2D eigenvalue weighted by molar-refractivity contribution is 6.32. The van der Waals surface area contributed by atoms with Crippen molar-refractivity contribution in [2.24, 2.45) is 0 Å². The van der Waals surface area contributed by atoms with Gasteiger partial charge in [-0.1, -0.05) is 24.6 Å². The van der Waals surface area contributed by atoms with Crippen LogP contribution in [0.4, 0.5) is 5.69 Å². The van der Waals surface area contributed by atoms with Gasteiger partial charge in [0.05, 0.1) is 9.95 Å². The van der Waals surface area contributed by atoms with Crippen molar-refractivity contribution >= 4 is 17.3 Å². The Hall–Kier alpha value is -1.33. The van der Waals surface area contributed by atoms with Crippen LogP contribution >= 0.6 is 11.6 Å². The van der Waals surface area contributed by atoms with Crippen LogP contribution in [0, 0.1) is 10.1 Å². The van der Waals surface area contributed by atoms with Gasteiger partial charge in [0.2, 0.25) is 5.75 Å². The standard InChI is InChI=1S/C10H13ClN2O3/c1-2-12-6-7-16-10-8(11)4-3-5-9(10)13(14)15/h3-5,12H,2,6-7H2,1H3. The van der Waals surface area contributed by atoms with Crippen LogP contribution in [0.3, 0.4) is 0 Å². The van der Waals surface area contributed by atoms with Gasteiger partial charge in [-0.05, 0) is 12.6 Å². The van der Waals surface area contributed by atoms with Crippen molar-refractivity contribution in [3.8, 4) is 5.75 Å². The summed E-state index contributed by atoms with van der Waals surface area (Å²) in [6.45, 7) is 3.77. The van der Waals surface area contributed by atoms with Crippen molar-refractivity contribution in [1.82, 2.24) is 5.32 Å². The number of likely N-dealkylation sites (N-methyl/N-ethyl adjacent to an activating group) is 1. The van der Waals surface area contributed by atoms with Crippen molar-refractivity contribution < 1.29 is 9.66 Å². The van der Waals surface area contributed by atoms with E-state index in [1.165, 1.54) is 12.1 Å². The van der Waals surface area contributed by atoms with E-state index in [9.17, 15) is 10.1 Å². The molecule has 0 amide bonds. The topological polar surface area (TPSA) is 64.4 Å². The van der Waals surface area contributed by atoms with Gasteiger partial charge in [0.15, 0.2) is 0 Å². The molecule has 0 unspecified atom stereocenters. The highest BCUT2D eigenvalue weighted by Crippen LogP contribution is 2.34. The van der Waals surface area contributed by atoms with Gasteiger partial charge in [0.25, 0.3) is 0 Å². The second-order valence-corrected chi connectivity index (χ2v) is 3.45. The second-order valence-electron chi connectivity index (χ2n) is 3.05. The highest BCUT2D eigenvalue weighted by atomic mass is 35.5. The number of nitrogens with one attached hydrogen (secondary N) is 1. The Kier molecular flexibility index (Phi) is 5.01. The summed E-state index contributed by atoms with van der Waals surface area (Å²) in [6, 6.07) is 4.46. The third-order valence-electron chi connectivity index (χ3n) is 1.92. The molecule has 1 aromatic rings. The second kappa shape index (κ2) is 6.30. The fourth-order valence-corrected chi connectivity index (χ4v) is 1.41. The van der Waals surface area contributed by atoms with Gasteiger partial charge in [-0.25, -0.2) is 0 Å². The molecule has 0 aliphatic carbocycles. The van der Waals surface area contributed by atoms with Crippen LogP contribution < -0.4 is 10.1 Å². The molecule has 16 heavy (non-hydrogen) atoms. The number of hydrogen-bond donors (Lipinski definition) is 1. The summed E-state index contributed by atoms with van der Waals surface area (Å²) in [4.78, 5) is 10.2. The Bertz CT molecular complexity index is 371. The predicted octanol–water partition coefficient (Wildman–Crippen LogP) is 2.24. The Labute approximate surface area is 98.5 Å². The fourth-order valence-electron chi connectivity index (χ4n) is 1.19. The van der Waals surface area contributed by atoms with Gasteiger partial charge in [0.1, 0.15) is 6.61 Å². The summed E-state index contributed by atoms with van der Waals surface area (Å²) < 4.78 is 5.30. The van der Waals surface area contributed by atoms with E-state index in [0.717, 1.165) is 6.54 Å². The number of halogens is 1. The van der Waals surface area contributed by atoms with E-state index in [-0.39, 0.29) is 16.5 Å². The third-order valence-corrected chi connectivity index (χ3v) is 2.22. The average Bonchev–Trinajstić information content (AvgIpc) is 2.25. The summed E-state index contributed by atoms with van der Waals surface area (Å²) in [7, 11) is 0. The van der Waals surface area contributed by atoms with E-state index in [0.29, 0.717) is 13.2 Å². The largest absolute Gasteiger partial charge is 0.484 e. The smallest absolute Gasteiger partial charge is 0.312 e. The van der Waals surface area contributed by atoms with Crippen molar-refractivity contribution in [1.29, 1.82) is 0 Å². The molecule has 1 aromatic carbocycles. The zero-order valence-corrected chi connectivity index (χ0v) is 9.66. The van der Waals surface area contributed by atoms with E-state index in [1.807, 2.05) is 6.92 Å². The number of para-hydroxylation sites is 1. The molecule has 1 N–H and O–H groups in total. The molecular weight excluding hydrogens is 232 g/mol. The van der Waals surface area contributed by atoms with Gasteiger partial charge in [-0.3, -0.25) is 10.1 Å². The van der Waals surface area contributed by atoms with Crippen LogP contribution in [0.15, 0.2) is 18.2 Å². The van der Waals surface area contributed by atoms with Crippen LogP contribution in [-0.4, -0.2) is 24.6 Å². The van der Waals surface area contributed by atoms with Gasteiger partial charge in [-0.15, -0.1) is 0 Å². The summed E-state index contributed by atoms with van der Waals surface area (Å²) in [5.41, 5.74) is -0.107. The average molecular weight is 245 g/mol. The molecule has 6 heteroatoms. The van der Waals surface area contributed by atoms with Crippen LogP contribution in [0.1, 0.15) is 6.92 Å². The molecule has 88 valence electrons. The maximum atomic E-state index is 10.7. The van der Waals surface area contributed by atoms with Crippen LogP contribution in [-0.2, 0) is 0 Å². The quantitative estimate of drug-likeness (QED) is 0.474. The molecule has 1 rings (SSSR count). The number of nitro groups is 1. The molecule has 0 spiro atoms. The summed E-state index contributed by atoms with van der Waals surface area (Å²) in [6.07, 6.45) is 0. The monoisotopic (exact) mass is 244 g/mol. The number of rotatable bonds is 6. The first kappa shape index (κ1) is 12.7. The molecular formula is C10H13ClN2O3. The first-order valence-electron chi connectivity index (χ1n) is 4.93. The lowest BCUT2D eigenvalue weighted by molar-refractivity contribution is -0.385. The van der Waals surface area contributed by atoms with Crippen molar-refractivity contribution in [2.45, 2.75) is 6.92 Å². The van der Waals surface area contributed by atoms with Crippen molar-refractivity contribution in [3.05, 3.63) is 33.3 Å². The summed E-state index contributed by atoms with van der Waals surface area (Å²) >= 11 is 5.84. The molecule has 0 aromatic heterocycles. The van der Waals surface area contributed by atoms with Crippen molar-refractivity contribution in [3.63, 3.8) is 0 Å². The highest BCUT2D eigenvalue weighted by Gasteiger charge is 2.17. The fraction of sp³-hybridized carbons (Fsp3) is 0.400. The van der Waals surface area contributed by atoms with E-state index in [4.69, 9.17) is 16.3 Å². The maximum Gasteiger partial charge on any atom is 0.312 e. The molecule has 0 saturated carbocycles. The van der Waals surface area contributed by atoms with Gasteiger partial charge in [-0.2, -0.15) is 0 Å². The lowest BCUT2D eigenvalue weighted by Crippen LogP contribution is -2.20. The van der Waals surface area contributed by atoms with Gasteiger partial charge in [0, 0.05) is 12.6 Å². The van der Waals surface area contributed by atoms with Crippen LogP contribution in [0.5, 0.6) is 5.75 Å². The number of benzene rings is 1.